The molecule has 0 aromatic rings. The van der Waals surface area contributed by atoms with E-state index in [9.17, 15) is 9.59 Å². The monoisotopic (exact) mass is 172 g/mol. The summed E-state index contributed by atoms with van der Waals surface area (Å²) >= 11 is 0. The van der Waals surface area contributed by atoms with Gasteiger partial charge in [0.05, 0.1) is 12.6 Å². The maximum absolute atomic E-state index is 10.8. The summed E-state index contributed by atoms with van der Waals surface area (Å²) in [5.41, 5.74) is 5.09. The number of amides is 1. The van der Waals surface area contributed by atoms with Crippen molar-refractivity contribution in [1.29, 1.82) is 0 Å². The van der Waals surface area contributed by atoms with E-state index in [0.717, 1.165) is 6.42 Å². The second kappa shape index (κ2) is 3.53. The predicted molar refractivity (Wildman–Crippen MR) is 41.4 cm³/mol. The molecule has 1 fully saturated rings. The van der Waals surface area contributed by atoms with E-state index in [2.05, 4.69) is 0 Å². The Morgan fingerprint density at radius 2 is 2.25 bits per heavy atom. The number of carbonyl (C=O) groups is 2. The fourth-order valence-electron chi connectivity index (χ4n) is 1.51. The van der Waals surface area contributed by atoms with Gasteiger partial charge in [-0.1, -0.05) is 0 Å². The van der Waals surface area contributed by atoms with Gasteiger partial charge in [-0.05, 0) is 19.4 Å². The first-order valence-electron chi connectivity index (χ1n) is 3.86. The predicted octanol–water partition coefficient (Wildman–Crippen LogP) is -0.979. The highest BCUT2D eigenvalue weighted by atomic mass is 16.4. The molecule has 1 aliphatic heterocycles. The topological polar surface area (TPSA) is 83.6 Å². The van der Waals surface area contributed by atoms with E-state index in [0.29, 0.717) is 13.0 Å². The second-order valence-corrected chi connectivity index (χ2v) is 2.92. The normalized spacial score (nSPS) is 24.2. The molecule has 0 aromatic heterocycles. The van der Waals surface area contributed by atoms with Gasteiger partial charge in [-0.15, -0.1) is 0 Å². The van der Waals surface area contributed by atoms with E-state index in [4.69, 9.17) is 10.8 Å². The van der Waals surface area contributed by atoms with Crippen molar-refractivity contribution in [2.45, 2.75) is 18.9 Å². The minimum absolute atomic E-state index is 0.0897. The molecule has 5 heteroatoms. The lowest BCUT2D eigenvalue weighted by atomic mass is 10.2. The highest BCUT2D eigenvalue weighted by molar-refractivity contribution is 5.81. The largest absolute Gasteiger partial charge is 0.480 e. The first-order chi connectivity index (χ1) is 5.61. The highest BCUT2D eigenvalue weighted by Crippen LogP contribution is 2.15. The van der Waals surface area contributed by atoms with Crippen LogP contribution in [0.3, 0.4) is 0 Å². The Hall–Kier alpha value is -1.10. The molecule has 0 unspecified atom stereocenters. The van der Waals surface area contributed by atoms with Crippen LogP contribution in [0.5, 0.6) is 0 Å². The zero-order chi connectivity index (χ0) is 9.14. The van der Waals surface area contributed by atoms with Crippen molar-refractivity contribution in [1.82, 2.24) is 4.90 Å². The maximum Gasteiger partial charge on any atom is 0.317 e. The fourth-order valence-corrected chi connectivity index (χ4v) is 1.51. The smallest absolute Gasteiger partial charge is 0.317 e. The molecule has 3 N–H and O–H groups in total. The molecule has 0 radical (unpaired) electrons. The van der Waals surface area contributed by atoms with Crippen LogP contribution in [0.25, 0.3) is 0 Å². The van der Waals surface area contributed by atoms with Crippen LogP contribution in [-0.2, 0) is 9.59 Å². The van der Waals surface area contributed by atoms with Crippen LogP contribution in [0.4, 0.5) is 0 Å². The van der Waals surface area contributed by atoms with Crippen LogP contribution in [0.1, 0.15) is 12.8 Å². The third-order valence-electron chi connectivity index (χ3n) is 2.03. The number of hydrogen-bond donors (Lipinski definition) is 2. The molecular formula is C7H12N2O3. The van der Waals surface area contributed by atoms with E-state index in [-0.39, 0.29) is 12.6 Å². The van der Waals surface area contributed by atoms with Gasteiger partial charge in [0.1, 0.15) is 0 Å². The molecule has 1 aliphatic rings. The summed E-state index contributed by atoms with van der Waals surface area (Å²) in [6, 6.07) is -0.374. The van der Waals surface area contributed by atoms with Crippen molar-refractivity contribution in [2.24, 2.45) is 5.73 Å². The Balaban J connectivity index is 2.52. The van der Waals surface area contributed by atoms with E-state index >= 15 is 0 Å². The van der Waals surface area contributed by atoms with Gasteiger partial charge < -0.3 is 10.8 Å². The van der Waals surface area contributed by atoms with Gasteiger partial charge in [0.15, 0.2) is 0 Å². The number of likely N-dealkylation sites (tertiary alicyclic amines) is 1. The van der Waals surface area contributed by atoms with E-state index in [1.165, 1.54) is 0 Å². The Morgan fingerprint density at radius 1 is 1.58 bits per heavy atom. The summed E-state index contributed by atoms with van der Waals surface area (Å²) in [4.78, 5) is 22.7. The van der Waals surface area contributed by atoms with E-state index < -0.39 is 11.9 Å². The lowest BCUT2D eigenvalue weighted by Crippen LogP contribution is -2.42. The fraction of sp³-hybridized carbons (Fsp3) is 0.714. The van der Waals surface area contributed by atoms with Crippen LogP contribution in [-0.4, -0.2) is 41.0 Å². The Labute approximate surface area is 70.1 Å². The number of nitrogens with zero attached hydrogens (tertiary/aromatic N) is 1. The molecule has 1 heterocycles. The molecule has 1 saturated heterocycles. The molecule has 1 atom stereocenters. The van der Waals surface area contributed by atoms with Crippen molar-refractivity contribution in [3.8, 4) is 0 Å². The molecule has 1 rings (SSSR count). The zero-order valence-corrected chi connectivity index (χ0v) is 6.69. The average molecular weight is 172 g/mol. The Kier molecular flexibility index (Phi) is 2.65. The number of carbonyl (C=O) groups excluding carboxylic acids is 1. The van der Waals surface area contributed by atoms with Gasteiger partial charge in [-0.2, -0.15) is 0 Å². The van der Waals surface area contributed by atoms with E-state index in [1.807, 2.05) is 0 Å². The quantitative estimate of drug-likeness (QED) is 0.573. The van der Waals surface area contributed by atoms with Crippen molar-refractivity contribution in [2.75, 3.05) is 13.1 Å². The standard InChI is InChI=1S/C7H12N2O3/c8-7(12)5-2-1-3-9(5)4-6(10)11/h5H,1-4H2,(H2,8,12)(H,10,11)/t5-/m0/s1. The SMILES string of the molecule is NC(=O)[C@@H]1CCCN1CC(=O)O. The molecule has 12 heavy (non-hydrogen) atoms. The van der Waals surface area contributed by atoms with Crippen LogP contribution in [0.2, 0.25) is 0 Å². The Bertz CT molecular complexity index is 205. The minimum atomic E-state index is -0.914. The second-order valence-electron chi connectivity index (χ2n) is 2.92. The minimum Gasteiger partial charge on any atom is -0.480 e. The number of primary amides is 1. The summed E-state index contributed by atoms with van der Waals surface area (Å²) in [6.45, 7) is 0.563. The molecule has 0 aromatic carbocycles. The number of carboxylic acid groups (broad SMARTS) is 1. The number of nitrogens with two attached hydrogens (primary N) is 1. The highest BCUT2D eigenvalue weighted by Gasteiger charge is 2.29. The maximum atomic E-state index is 10.8. The molecule has 0 saturated carbocycles. The molecule has 0 bridgehead atoms. The van der Waals surface area contributed by atoms with Crippen LogP contribution in [0.15, 0.2) is 0 Å². The number of carboxylic acids is 1. The van der Waals surface area contributed by atoms with Crippen LogP contribution < -0.4 is 5.73 Å². The molecule has 0 spiro atoms. The number of hydrogen-bond acceptors (Lipinski definition) is 3. The summed E-state index contributed by atoms with van der Waals surface area (Å²) < 4.78 is 0. The zero-order valence-electron chi connectivity index (χ0n) is 6.69. The Morgan fingerprint density at radius 3 is 2.75 bits per heavy atom. The summed E-state index contributed by atoms with van der Waals surface area (Å²) in [7, 11) is 0. The van der Waals surface area contributed by atoms with Crippen molar-refractivity contribution < 1.29 is 14.7 Å². The first kappa shape index (κ1) is 8.99. The van der Waals surface area contributed by atoms with Crippen molar-refractivity contribution in [3.63, 3.8) is 0 Å². The third kappa shape index (κ3) is 1.94. The molecule has 5 nitrogen and oxygen atoms in total. The number of rotatable bonds is 3. The van der Waals surface area contributed by atoms with Crippen LogP contribution >= 0.6 is 0 Å². The molecular weight excluding hydrogens is 160 g/mol. The van der Waals surface area contributed by atoms with Gasteiger partial charge in [0.2, 0.25) is 5.91 Å². The summed E-state index contributed by atoms with van der Waals surface area (Å²) in [5, 5.41) is 8.48. The van der Waals surface area contributed by atoms with Gasteiger partial charge in [-0.25, -0.2) is 0 Å². The van der Waals surface area contributed by atoms with Gasteiger partial charge in [-0.3, -0.25) is 14.5 Å². The summed E-state index contributed by atoms with van der Waals surface area (Å²) in [5.74, 6) is -1.34. The average Bonchev–Trinajstić information content (AvgIpc) is 2.33. The van der Waals surface area contributed by atoms with E-state index in [1.54, 1.807) is 4.90 Å². The van der Waals surface area contributed by atoms with Crippen molar-refractivity contribution >= 4 is 11.9 Å². The van der Waals surface area contributed by atoms with Crippen molar-refractivity contribution in [3.05, 3.63) is 0 Å². The summed E-state index contributed by atoms with van der Waals surface area (Å²) in [6.07, 6.45) is 1.53. The number of aliphatic carboxylic acids is 1. The van der Waals surface area contributed by atoms with Gasteiger partial charge >= 0.3 is 5.97 Å². The first-order valence-corrected chi connectivity index (χ1v) is 3.86. The molecule has 68 valence electrons. The van der Waals surface area contributed by atoms with Gasteiger partial charge in [0.25, 0.3) is 0 Å². The third-order valence-corrected chi connectivity index (χ3v) is 2.03. The molecule has 0 aliphatic carbocycles. The molecule has 1 amide bonds. The van der Waals surface area contributed by atoms with Crippen LogP contribution in [0, 0.1) is 0 Å². The van der Waals surface area contributed by atoms with Gasteiger partial charge in [0, 0.05) is 0 Å². The lowest BCUT2D eigenvalue weighted by Gasteiger charge is -2.18. The lowest BCUT2D eigenvalue weighted by molar-refractivity contribution is -0.139.